The van der Waals surface area contributed by atoms with Crippen molar-refractivity contribution in [1.29, 1.82) is 0 Å². The lowest BCUT2D eigenvalue weighted by Gasteiger charge is -2.26. The van der Waals surface area contributed by atoms with E-state index in [2.05, 4.69) is 37.1 Å². The van der Waals surface area contributed by atoms with E-state index in [9.17, 15) is 0 Å². The molecule has 0 spiro atoms. The maximum atomic E-state index is 5.08. The molecular weight excluding hydrogens is 224 g/mol. The molecule has 0 aliphatic carbocycles. The van der Waals surface area contributed by atoms with Gasteiger partial charge in [0.1, 0.15) is 0 Å². The number of likely N-dealkylation sites (N-methyl/N-ethyl adjacent to an activating group) is 1. The molecule has 3 heteroatoms. The summed E-state index contributed by atoms with van der Waals surface area (Å²) in [4.78, 5) is 4.27. The van der Waals surface area contributed by atoms with Gasteiger partial charge in [0.2, 0.25) is 5.88 Å². The Bertz CT molecular complexity index is 320. The van der Waals surface area contributed by atoms with Crippen molar-refractivity contribution in [2.45, 2.75) is 46.1 Å². The second-order valence-corrected chi connectivity index (χ2v) is 4.65. The zero-order chi connectivity index (χ0) is 13.4. The van der Waals surface area contributed by atoms with Crippen molar-refractivity contribution in [1.82, 2.24) is 10.3 Å². The predicted octanol–water partition coefficient (Wildman–Crippen LogP) is 3.05. The number of methoxy groups -OCH3 is 1. The van der Waals surface area contributed by atoms with Crippen LogP contribution in [0.4, 0.5) is 0 Å². The standard InChI is InChI=1S/C15H26N2O/c1-5-13(6-2)14(16-7-3)10-12-8-9-15(18-4)17-11-12/h8-9,11,13-14,16H,5-7,10H2,1-4H3. The fourth-order valence-electron chi connectivity index (χ4n) is 2.43. The SMILES string of the molecule is CCNC(Cc1ccc(OC)nc1)C(CC)CC. The molecule has 0 aliphatic heterocycles. The van der Waals surface area contributed by atoms with Crippen LogP contribution >= 0.6 is 0 Å². The van der Waals surface area contributed by atoms with Crippen LogP contribution < -0.4 is 10.1 Å². The zero-order valence-corrected chi connectivity index (χ0v) is 12.1. The Morgan fingerprint density at radius 1 is 1.22 bits per heavy atom. The maximum absolute atomic E-state index is 5.08. The van der Waals surface area contributed by atoms with Gasteiger partial charge in [0, 0.05) is 18.3 Å². The fraction of sp³-hybridized carbons (Fsp3) is 0.667. The zero-order valence-electron chi connectivity index (χ0n) is 12.1. The van der Waals surface area contributed by atoms with Gasteiger partial charge in [-0.05, 0) is 24.4 Å². The van der Waals surface area contributed by atoms with Crippen molar-refractivity contribution in [2.75, 3.05) is 13.7 Å². The van der Waals surface area contributed by atoms with Crippen LogP contribution in [0.3, 0.4) is 0 Å². The number of nitrogens with one attached hydrogen (secondary N) is 1. The molecule has 1 heterocycles. The van der Waals surface area contributed by atoms with E-state index in [4.69, 9.17) is 4.74 Å². The minimum Gasteiger partial charge on any atom is -0.481 e. The molecule has 1 atom stereocenters. The number of rotatable bonds is 8. The molecule has 1 unspecified atom stereocenters. The van der Waals surface area contributed by atoms with Gasteiger partial charge in [-0.25, -0.2) is 4.98 Å². The summed E-state index contributed by atoms with van der Waals surface area (Å²) in [6.07, 6.45) is 5.40. The van der Waals surface area contributed by atoms with Gasteiger partial charge in [-0.3, -0.25) is 0 Å². The summed E-state index contributed by atoms with van der Waals surface area (Å²) in [5.74, 6) is 1.41. The van der Waals surface area contributed by atoms with Crippen LogP contribution in [0, 0.1) is 5.92 Å². The van der Waals surface area contributed by atoms with Gasteiger partial charge in [0.05, 0.1) is 7.11 Å². The summed E-state index contributed by atoms with van der Waals surface area (Å²) in [5.41, 5.74) is 1.27. The summed E-state index contributed by atoms with van der Waals surface area (Å²) in [5, 5.41) is 3.60. The van der Waals surface area contributed by atoms with Gasteiger partial charge in [-0.2, -0.15) is 0 Å². The van der Waals surface area contributed by atoms with Gasteiger partial charge < -0.3 is 10.1 Å². The highest BCUT2D eigenvalue weighted by atomic mass is 16.5. The summed E-state index contributed by atoms with van der Waals surface area (Å²) in [7, 11) is 1.65. The molecule has 0 saturated heterocycles. The van der Waals surface area contributed by atoms with E-state index < -0.39 is 0 Å². The van der Waals surface area contributed by atoms with Crippen molar-refractivity contribution < 1.29 is 4.74 Å². The Hall–Kier alpha value is -1.09. The predicted molar refractivity (Wildman–Crippen MR) is 76.0 cm³/mol. The van der Waals surface area contributed by atoms with Crippen LogP contribution in [0.1, 0.15) is 39.2 Å². The molecule has 18 heavy (non-hydrogen) atoms. The lowest BCUT2D eigenvalue weighted by molar-refractivity contribution is 0.336. The number of hydrogen-bond acceptors (Lipinski definition) is 3. The lowest BCUT2D eigenvalue weighted by Crippen LogP contribution is -2.37. The van der Waals surface area contributed by atoms with Crippen molar-refractivity contribution in [2.24, 2.45) is 5.92 Å². The van der Waals surface area contributed by atoms with E-state index in [1.54, 1.807) is 7.11 Å². The second kappa shape index (κ2) is 8.09. The molecule has 0 radical (unpaired) electrons. The third-order valence-corrected chi connectivity index (χ3v) is 3.55. The monoisotopic (exact) mass is 250 g/mol. The molecule has 1 rings (SSSR count). The topological polar surface area (TPSA) is 34.1 Å². The van der Waals surface area contributed by atoms with E-state index in [0.29, 0.717) is 11.9 Å². The third-order valence-electron chi connectivity index (χ3n) is 3.55. The van der Waals surface area contributed by atoms with Crippen molar-refractivity contribution >= 4 is 0 Å². The molecule has 1 N–H and O–H groups in total. The molecular formula is C15H26N2O. The minimum absolute atomic E-state index is 0.542. The quantitative estimate of drug-likeness (QED) is 0.770. The average molecular weight is 250 g/mol. The van der Waals surface area contributed by atoms with Crippen molar-refractivity contribution in [3.63, 3.8) is 0 Å². The maximum Gasteiger partial charge on any atom is 0.212 e. The molecule has 0 fully saturated rings. The van der Waals surface area contributed by atoms with Gasteiger partial charge in [0.25, 0.3) is 0 Å². The highest BCUT2D eigenvalue weighted by Crippen LogP contribution is 2.18. The largest absolute Gasteiger partial charge is 0.481 e. The molecule has 3 nitrogen and oxygen atoms in total. The fourth-order valence-corrected chi connectivity index (χ4v) is 2.43. The third kappa shape index (κ3) is 4.30. The molecule has 0 aromatic carbocycles. The Morgan fingerprint density at radius 3 is 2.39 bits per heavy atom. The summed E-state index contributed by atoms with van der Waals surface area (Å²) in [6.45, 7) is 7.72. The van der Waals surface area contributed by atoms with E-state index in [-0.39, 0.29) is 0 Å². The molecule has 0 saturated carbocycles. The number of hydrogen-bond donors (Lipinski definition) is 1. The highest BCUT2D eigenvalue weighted by Gasteiger charge is 2.17. The van der Waals surface area contributed by atoms with E-state index in [1.807, 2.05) is 12.3 Å². The Morgan fingerprint density at radius 2 is 1.94 bits per heavy atom. The smallest absolute Gasteiger partial charge is 0.212 e. The minimum atomic E-state index is 0.542. The number of aromatic nitrogens is 1. The van der Waals surface area contributed by atoms with Gasteiger partial charge >= 0.3 is 0 Å². The van der Waals surface area contributed by atoms with Crippen LogP contribution in [0.25, 0.3) is 0 Å². The molecule has 1 aromatic rings. The average Bonchev–Trinajstić information content (AvgIpc) is 2.41. The number of pyridine rings is 1. The molecule has 0 aliphatic rings. The second-order valence-electron chi connectivity index (χ2n) is 4.65. The highest BCUT2D eigenvalue weighted by molar-refractivity contribution is 5.18. The Labute approximate surface area is 111 Å². The lowest BCUT2D eigenvalue weighted by atomic mass is 9.90. The Balaban J connectivity index is 2.69. The van der Waals surface area contributed by atoms with Crippen LogP contribution in [-0.2, 0) is 6.42 Å². The van der Waals surface area contributed by atoms with Crippen molar-refractivity contribution in [3.8, 4) is 5.88 Å². The van der Waals surface area contributed by atoms with Crippen LogP contribution in [0.15, 0.2) is 18.3 Å². The van der Waals surface area contributed by atoms with Crippen LogP contribution in [0.2, 0.25) is 0 Å². The molecule has 1 aromatic heterocycles. The van der Waals surface area contributed by atoms with Crippen LogP contribution in [-0.4, -0.2) is 24.7 Å². The first-order valence-electron chi connectivity index (χ1n) is 6.97. The first-order chi connectivity index (χ1) is 8.74. The molecule has 0 amide bonds. The summed E-state index contributed by atoms with van der Waals surface area (Å²) in [6, 6.07) is 4.59. The van der Waals surface area contributed by atoms with Gasteiger partial charge in [0.15, 0.2) is 0 Å². The van der Waals surface area contributed by atoms with Gasteiger partial charge in [-0.1, -0.05) is 39.7 Å². The summed E-state index contributed by atoms with van der Waals surface area (Å²) >= 11 is 0. The first kappa shape index (κ1) is 15.0. The van der Waals surface area contributed by atoms with E-state index in [1.165, 1.54) is 18.4 Å². The van der Waals surface area contributed by atoms with E-state index >= 15 is 0 Å². The number of ether oxygens (including phenoxy) is 1. The van der Waals surface area contributed by atoms with Crippen molar-refractivity contribution in [3.05, 3.63) is 23.9 Å². The first-order valence-corrected chi connectivity index (χ1v) is 6.97. The van der Waals surface area contributed by atoms with Crippen LogP contribution in [0.5, 0.6) is 5.88 Å². The normalized spacial score (nSPS) is 12.7. The summed E-state index contributed by atoms with van der Waals surface area (Å²) < 4.78 is 5.08. The van der Waals surface area contributed by atoms with Gasteiger partial charge in [-0.15, -0.1) is 0 Å². The molecule has 102 valence electrons. The Kier molecular flexibility index (Phi) is 6.73. The van der Waals surface area contributed by atoms with E-state index in [0.717, 1.165) is 18.9 Å². The molecule has 0 bridgehead atoms. The number of nitrogens with zero attached hydrogens (tertiary/aromatic N) is 1.